The first-order valence-corrected chi connectivity index (χ1v) is 5.98. The molecule has 3 N–H and O–H groups in total. The quantitative estimate of drug-likeness (QED) is 0.505. The highest BCUT2D eigenvalue weighted by atomic mass is 16.3. The van der Waals surface area contributed by atoms with E-state index in [1.807, 2.05) is 24.3 Å². The van der Waals surface area contributed by atoms with Crippen molar-refractivity contribution in [2.24, 2.45) is 0 Å². The molecular formula is C15H14N2O. The molecule has 0 radical (unpaired) electrons. The highest BCUT2D eigenvalue weighted by Gasteiger charge is 2.13. The number of anilines is 1. The lowest BCUT2D eigenvalue weighted by Gasteiger charge is -2.13. The van der Waals surface area contributed by atoms with Crippen molar-refractivity contribution in [3.8, 4) is 11.3 Å². The van der Waals surface area contributed by atoms with Gasteiger partial charge in [-0.3, -0.25) is 0 Å². The summed E-state index contributed by atoms with van der Waals surface area (Å²) < 4.78 is 5.85. The molecule has 3 nitrogen and oxygen atoms in total. The fourth-order valence-electron chi connectivity index (χ4n) is 2.37. The SMILES string of the molecule is CCc1c2ccc(=N)cc-2oc2cc(N)ccc12. The molecular weight excluding hydrogens is 224 g/mol. The molecule has 90 valence electrons. The number of hydrogen-bond acceptors (Lipinski definition) is 3. The fraction of sp³-hybridized carbons (Fsp3) is 0.133. The van der Waals surface area contributed by atoms with E-state index >= 15 is 0 Å². The minimum Gasteiger partial charge on any atom is -0.456 e. The number of nitrogens with one attached hydrogen (secondary N) is 1. The maximum absolute atomic E-state index is 7.67. The van der Waals surface area contributed by atoms with Crippen LogP contribution in [0.25, 0.3) is 22.3 Å². The van der Waals surface area contributed by atoms with Gasteiger partial charge in [-0.15, -0.1) is 0 Å². The van der Waals surface area contributed by atoms with Crippen molar-refractivity contribution in [1.82, 2.24) is 0 Å². The Morgan fingerprint density at radius 3 is 2.78 bits per heavy atom. The van der Waals surface area contributed by atoms with Crippen LogP contribution in [0, 0.1) is 5.41 Å². The van der Waals surface area contributed by atoms with Crippen LogP contribution < -0.4 is 11.1 Å². The lowest BCUT2D eigenvalue weighted by molar-refractivity contribution is 0.616. The first-order chi connectivity index (χ1) is 8.69. The minimum atomic E-state index is 0.455. The Bertz CT molecular complexity index is 758. The zero-order valence-corrected chi connectivity index (χ0v) is 10.2. The van der Waals surface area contributed by atoms with E-state index in [4.69, 9.17) is 15.6 Å². The summed E-state index contributed by atoms with van der Waals surface area (Å²) in [5, 5.41) is 9.22. The number of aryl methyl sites for hydroxylation is 1. The fourth-order valence-corrected chi connectivity index (χ4v) is 2.37. The summed E-state index contributed by atoms with van der Waals surface area (Å²) in [6, 6.07) is 11.2. The second-order valence-electron chi connectivity index (χ2n) is 4.40. The highest BCUT2D eigenvalue weighted by Crippen LogP contribution is 2.33. The summed E-state index contributed by atoms with van der Waals surface area (Å²) in [4.78, 5) is 0. The van der Waals surface area contributed by atoms with Crippen LogP contribution in [0.4, 0.5) is 5.69 Å². The van der Waals surface area contributed by atoms with Crippen molar-refractivity contribution >= 4 is 16.7 Å². The average Bonchev–Trinajstić information content (AvgIpc) is 2.35. The predicted octanol–water partition coefficient (Wildman–Crippen LogP) is 3.16. The summed E-state index contributed by atoms with van der Waals surface area (Å²) in [7, 11) is 0. The van der Waals surface area contributed by atoms with Crippen LogP contribution >= 0.6 is 0 Å². The molecule has 1 aliphatic carbocycles. The summed E-state index contributed by atoms with van der Waals surface area (Å²) in [5.41, 5.74) is 9.58. The van der Waals surface area contributed by atoms with Crippen LogP contribution in [0.5, 0.6) is 0 Å². The Balaban J connectivity index is 2.52. The number of rotatable bonds is 1. The van der Waals surface area contributed by atoms with Gasteiger partial charge in [0.15, 0.2) is 0 Å². The van der Waals surface area contributed by atoms with Crippen LogP contribution in [0.15, 0.2) is 40.8 Å². The second-order valence-corrected chi connectivity index (χ2v) is 4.40. The molecule has 1 aromatic rings. The molecule has 3 rings (SSSR count). The minimum absolute atomic E-state index is 0.455. The van der Waals surface area contributed by atoms with Crippen molar-refractivity contribution in [1.29, 1.82) is 5.41 Å². The van der Waals surface area contributed by atoms with E-state index in [9.17, 15) is 0 Å². The molecule has 2 aliphatic rings. The van der Waals surface area contributed by atoms with Gasteiger partial charge in [0.2, 0.25) is 0 Å². The molecule has 0 bridgehead atoms. The molecule has 0 aromatic heterocycles. The van der Waals surface area contributed by atoms with Gasteiger partial charge in [-0.25, -0.2) is 0 Å². The van der Waals surface area contributed by atoms with Crippen molar-refractivity contribution in [3.63, 3.8) is 0 Å². The van der Waals surface area contributed by atoms with Crippen molar-refractivity contribution < 1.29 is 4.42 Å². The van der Waals surface area contributed by atoms with E-state index in [1.54, 1.807) is 12.1 Å². The van der Waals surface area contributed by atoms with Gasteiger partial charge in [-0.05, 0) is 36.2 Å². The van der Waals surface area contributed by atoms with E-state index in [0.29, 0.717) is 11.0 Å². The Labute approximate surface area is 105 Å². The highest BCUT2D eigenvalue weighted by molar-refractivity contribution is 5.89. The molecule has 0 saturated carbocycles. The Morgan fingerprint density at radius 2 is 2.00 bits per heavy atom. The van der Waals surface area contributed by atoms with E-state index in [0.717, 1.165) is 28.7 Å². The third-order valence-electron chi connectivity index (χ3n) is 3.21. The molecule has 0 fully saturated rings. The number of nitrogen functional groups attached to an aromatic ring is 1. The molecule has 1 aromatic carbocycles. The topological polar surface area (TPSA) is 63.0 Å². The Kier molecular flexibility index (Phi) is 2.33. The molecule has 0 amide bonds. The van der Waals surface area contributed by atoms with E-state index in [1.165, 1.54) is 5.56 Å². The number of nitrogens with two attached hydrogens (primary N) is 1. The van der Waals surface area contributed by atoms with Crippen molar-refractivity contribution in [3.05, 3.63) is 47.3 Å². The van der Waals surface area contributed by atoms with Gasteiger partial charge < -0.3 is 15.6 Å². The summed E-state index contributed by atoms with van der Waals surface area (Å²) >= 11 is 0. The number of benzene rings is 2. The first-order valence-electron chi connectivity index (χ1n) is 5.98. The van der Waals surface area contributed by atoms with Crippen molar-refractivity contribution in [2.75, 3.05) is 5.73 Å². The first kappa shape index (κ1) is 10.8. The molecule has 1 heterocycles. The van der Waals surface area contributed by atoms with Gasteiger partial charge in [-0.1, -0.05) is 6.92 Å². The second kappa shape index (κ2) is 3.88. The largest absolute Gasteiger partial charge is 0.456 e. The molecule has 18 heavy (non-hydrogen) atoms. The number of fused-ring (bicyclic) bond motifs is 2. The molecule has 1 aliphatic heterocycles. The van der Waals surface area contributed by atoms with E-state index in [-0.39, 0.29) is 0 Å². The standard InChI is InChI=1S/C15H14N2O/c1-2-11-12-5-3-9(16)7-14(12)18-15-8-10(17)4-6-13(11)15/h3-8,16H,2,17H2,1H3. The smallest absolute Gasteiger partial charge is 0.137 e. The lowest BCUT2D eigenvalue weighted by Crippen LogP contribution is -2.01. The monoisotopic (exact) mass is 238 g/mol. The van der Waals surface area contributed by atoms with E-state index < -0.39 is 0 Å². The van der Waals surface area contributed by atoms with Gasteiger partial charge in [0.1, 0.15) is 11.3 Å². The Morgan fingerprint density at radius 1 is 1.17 bits per heavy atom. The molecule has 0 atom stereocenters. The predicted molar refractivity (Wildman–Crippen MR) is 72.5 cm³/mol. The van der Waals surface area contributed by atoms with Crippen LogP contribution in [-0.2, 0) is 6.42 Å². The van der Waals surface area contributed by atoms with Gasteiger partial charge in [0, 0.05) is 28.8 Å². The van der Waals surface area contributed by atoms with Crippen LogP contribution in [0.1, 0.15) is 12.5 Å². The van der Waals surface area contributed by atoms with Gasteiger partial charge in [-0.2, -0.15) is 0 Å². The third-order valence-corrected chi connectivity index (χ3v) is 3.21. The van der Waals surface area contributed by atoms with Crippen LogP contribution in [0.2, 0.25) is 0 Å². The normalized spacial score (nSPS) is 11.2. The summed E-state index contributed by atoms with van der Waals surface area (Å²) in [6.07, 6.45) is 0.921. The lowest BCUT2D eigenvalue weighted by atomic mass is 9.97. The zero-order chi connectivity index (χ0) is 12.7. The maximum atomic E-state index is 7.67. The molecule has 3 heteroatoms. The maximum Gasteiger partial charge on any atom is 0.137 e. The molecule has 0 unspecified atom stereocenters. The van der Waals surface area contributed by atoms with Gasteiger partial charge in [0.05, 0.1) is 5.36 Å². The summed E-state index contributed by atoms with van der Waals surface area (Å²) in [6.45, 7) is 2.12. The van der Waals surface area contributed by atoms with Gasteiger partial charge in [0.25, 0.3) is 0 Å². The molecule has 0 saturated heterocycles. The zero-order valence-electron chi connectivity index (χ0n) is 10.2. The summed E-state index contributed by atoms with van der Waals surface area (Å²) in [5.74, 6) is 0.748. The van der Waals surface area contributed by atoms with Crippen molar-refractivity contribution in [2.45, 2.75) is 13.3 Å². The van der Waals surface area contributed by atoms with Gasteiger partial charge >= 0.3 is 0 Å². The third kappa shape index (κ3) is 1.56. The van der Waals surface area contributed by atoms with Crippen LogP contribution in [0.3, 0.4) is 0 Å². The average molecular weight is 238 g/mol. The Hall–Kier alpha value is -2.29. The van der Waals surface area contributed by atoms with E-state index in [2.05, 4.69) is 6.92 Å². The number of hydrogen-bond donors (Lipinski definition) is 2. The molecule has 0 spiro atoms. The van der Waals surface area contributed by atoms with Crippen LogP contribution in [-0.4, -0.2) is 0 Å².